The van der Waals surface area contributed by atoms with E-state index in [0.717, 1.165) is 31.9 Å². The average molecular weight is 276 g/mol. The van der Waals surface area contributed by atoms with Crippen molar-refractivity contribution in [2.45, 2.75) is 26.3 Å². The minimum absolute atomic E-state index is 0.507. The van der Waals surface area contributed by atoms with Crippen molar-refractivity contribution in [1.82, 2.24) is 4.90 Å². The first-order chi connectivity index (χ1) is 9.67. The van der Waals surface area contributed by atoms with Gasteiger partial charge in [-0.1, -0.05) is 6.07 Å². The van der Waals surface area contributed by atoms with E-state index >= 15 is 0 Å². The highest BCUT2D eigenvalue weighted by atomic mass is 16.5. The normalized spacial score (nSPS) is 10.8. The zero-order chi connectivity index (χ0) is 14.8. The van der Waals surface area contributed by atoms with Gasteiger partial charge in [0.05, 0.1) is 24.8 Å². The van der Waals surface area contributed by atoms with Gasteiger partial charge in [-0.15, -0.1) is 0 Å². The number of hydrogen-bond acceptors (Lipinski definition) is 4. The van der Waals surface area contributed by atoms with E-state index in [9.17, 15) is 0 Å². The number of benzene rings is 1. The van der Waals surface area contributed by atoms with Gasteiger partial charge in [0, 0.05) is 26.2 Å². The third-order valence-corrected chi connectivity index (χ3v) is 3.13. The number of ether oxygens (including phenoxy) is 2. The van der Waals surface area contributed by atoms with Crippen LogP contribution >= 0.6 is 0 Å². The Morgan fingerprint density at radius 2 is 2.05 bits per heavy atom. The molecule has 4 heteroatoms. The lowest BCUT2D eigenvalue weighted by Crippen LogP contribution is -2.35. The zero-order valence-electron chi connectivity index (χ0n) is 12.6. The molecule has 1 aromatic rings. The molecule has 0 N–H and O–H groups in total. The van der Waals surface area contributed by atoms with Crippen LogP contribution in [0.15, 0.2) is 24.3 Å². The molecule has 0 aliphatic heterocycles. The molecule has 0 aliphatic rings. The van der Waals surface area contributed by atoms with Crippen LogP contribution in [0.4, 0.5) is 0 Å². The molecule has 0 bridgehead atoms. The summed E-state index contributed by atoms with van der Waals surface area (Å²) in [6.07, 6.45) is 0.957. The van der Waals surface area contributed by atoms with Crippen molar-refractivity contribution in [1.29, 1.82) is 5.26 Å². The van der Waals surface area contributed by atoms with Crippen molar-refractivity contribution in [3.63, 3.8) is 0 Å². The molecule has 0 fully saturated rings. The number of hydrogen-bond donors (Lipinski definition) is 0. The molecule has 0 atom stereocenters. The minimum atomic E-state index is 0.507. The Hall–Kier alpha value is -1.57. The van der Waals surface area contributed by atoms with Gasteiger partial charge in [-0.25, -0.2) is 0 Å². The molecule has 0 radical (unpaired) electrons. The largest absolute Gasteiger partial charge is 0.494 e. The highest BCUT2D eigenvalue weighted by Gasteiger charge is 2.08. The molecule has 0 amide bonds. The fraction of sp³-hybridized carbons (Fsp3) is 0.562. The maximum absolute atomic E-state index is 8.83. The van der Waals surface area contributed by atoms with Gasteiger partial charge in [0.25, 0.3) is 0 Å². The number of nitriles is 1. The molecule has 20 heavy (non-hydrogen) atoms. The predicted molar refractivity (Wildman–Crippen MR) is 79.9 cm³/mol. The number of nitrogens with zero attached hydrogens (tertiary/aromatic N) is 2. The molecule has 0 saturated carbocycles. The van der Waals surface area contributed by atoms with Gasteiger partial charge in [-0.05, 0) is 38.5 Å². The van der Waals surface area contributed by atoms with Crippen LogP contribution in [0, 0.1) is 11.3 Å². The molecule has 0 aliphatic carbocycles. The van der Waals surface area contributed by atoms with E-state index in [1.807, 2.05) is 12.1 Å². The first kappa shape index (κ1) is 16.5. The van der Waals surface area contributed by atoms with E-state index in [1.54, 1.807) is 19.2 Å². The van der Waals surface area contributed by atoms with E-state index in [0.29, 0.717) is 18.2 Å². The van der Waals surface area contributed by atoms with Crippen LogP contribution < -0.4 is 4.74 Å². The van der Waals surface area contributed by atoms with E-state index in [-0.39, 0.29) is 0 Å². The molecular formula is C16H24N2O2. The minimum Gasteiger partial charge on any atom is -0.494 e. The van der Waals surface area contributed by atoms with Crippen molar-refractivity contribution in [3.8, 4) is 11.8 Å². The van der Waals surface area contributed by atoms with Crippen molar-refractivity contribution < 1.29 is 9.47 Å². The van der Waals surface area contributed by atoms with Gasteiger partial charge in [0.1, 0.15) is 5.75 Å². The summed E-state index contributed by atoms with van der Waals surface area (Å²) in [6.45, 7) is 7.71. The van der Waals surface area contributed by atoms with Crippen LogP contribution in [0.1, 0.15) is 25.8 Å². The van der Waals surface area contributed by atoms with Crippen LogP contribution in [0.25, 0.3) is 0 Å². The van der Waals surface area contributed by atoms with Crippen molar-refractivity contribution in [2.24, 2.45) is 0 Å². The predicted octanol–water partition coefficient (Wildman–Crippen LogP) is 2.68. The molecule has 1 aromatic carbocycles. The highest BCUT2D eigenvalue weighted by Crippen LogP contribution is 2.12. The molecule has 4 nitrogen and oxygen atoms in total. The summed E-state index contributed by atoms with van der Waals surface area (Å²) < 4.78 is 10.8. The third kappa shape index (κ3) is 6.05. The lowest BCUT2D eigenvalue weighted by molar-refractivity contribution is 0.124. The molecule has 110 valence electrons. The Morgan fingerprint density at radius 3 is 2.70 bits per heavy atom. The second kappa shape index (κ2) is 9.35. The zero-order valence-corrected chi connectivity index (χ0v) is 12.6. The quantitative estimate of drug-likeness (QED) is 0.651. The Labute approximate surface area is 121 Å². The second-order valence-electron chi connectivity index (χ2n) is 4.96. The van der Waals surface area contributed by atoms with Crippen LogP contribution in [0.2, 0.25) is 0 Å². The lowest BCUT2D eigenvalue weighted by Gasteiger charge is -2.26. The Bertz CT molecular complexity index is 427. The fourth-order valence-corrected chi connectivity index (χ4v) is 1.95. The molecule has 1 rings (SSSR count). The van der Waals surface area contributed by atoms with Gasteiger partial charge >= 0.3 is 0 Å². The van der Waals surface area contributed by atoms with Gasteiger partial charge in [-0.3, -0.25) is 4.90 Å². The summed E-state index contributed by atoms with van der Waals surface area (Å²) in [5.41, 5.74) is 0.631. The summed E-state index contributed by atoms with van der Waals surface area (Å²) in [4.78, 5) is 2.37. The second-order valence-corrected chi connectivity index (χ2v) is 4.96. The van der Waals surface area contributed by atoms with Crippen LogP contribution in [-0.2, 0) is 4.74 Å². The first-order valence-corrected chi connectivity index (χ1v) is 7.03. The van der Waals surface area contributed by atoms with Crippen LogP contribution in [0.5, 0.6) is 5.75 Å². The standard InChI is InChI=1S/C16H24N2O2/c1-14(2)18(9-11-19-3)8-5-10-20-16-7-4-6-15(12-16)13-17/h4,6-7,12,14H,5,8-11H2,1-3H3. The number of methoxy groups -OCH3 is 1. The monoisotopic (exact) mass is 276 g/mol. The van der Waals surface area contributed by atoms with E-state index < -0.39 is 0 Å². The van der Waals surface area contributed by atoms with Crippen LogP contribution in [-0.4, -0.2) is 44.4 Å². The van der Waals surface area contributed by atoms with Gasteiger partial charge in [0.2, 0.25) is 0 Å². The molecule has 0 unspecified atom stereocenters. The van der Waals surface area contributed by atoms with Crippen molar-refractivity contribution >= 4 is 0 Å². The average Bonchev–Trinajstić information content (AvgIpc) is 2.46. The van der Waals surface area contributed by atoms with Gasteiger partial charge in [-0.2, -0.15) is 5.26 Å². The number of rotatable bonds is 9. The topological polar surface area (TPSA) is 45.5 Å². The molecule has 0 spiro atoms. The molecule has 0 saturated heterocycles. The summed E-state index contributed by atoms with van der Waals surface area (Å²) in [7, 11) is 1.73. The SMILES string of the molecule is COCCN(CCCOc1cccc(C#N)c1)C(C)C. The molecular weight excluding hydrogens is 252 g/mol. The molecule has 0 aromatic heterocycles. The maximum atomic E-state index is 8.83. The van der Waals surface area contributed by atoms with Crippen LogP contribution in [0.3, 0.4) is 0 Å². The Kier molecular flexibility index (Phi) is 7.71. The van der Waals surface area contributed by atoms with E-state index in [1.165, 1.54) is 0 Å². The van der Waals surface area contributed by atoms with Crippen molar-refractivity contribution in [2.75, 3.05) is 33.4 Å². The Morgan fingerprint density at radius 1 is 1.25 bits per heavy atom. The van der Waals surface area contributed by atoms with Gasteiger partial charge < -0.3 is 9.47 Å². The smallest absolute Gasteiger partial charge is 0.120 e. The maximum Gasteiger partial charge on any atom is 0.120 e. The van der Waals surface area contributed by atoms with Gasteiger partial charge in [0.15, 0.2) is 0 Å². The fourth-order valence-electron chi connectivity index (χ4n) is 1.95. The molecule has 0 heterocycles. The van der Waals surface area contributed by atoms with E-state index in [2.05, 4.69) is 24.8 Å². The van der Waals surface area contributed by atoms with Crippen molar-refractivity contribution in [3.05, 3.63) is 29.8 Å². The Balaban J connectivity index is 2.30. The summed E-state index contributed by atoms with van der Waals surface area (Å²) in [6, 6.07) is 9.88. The highest BCUT2D eigenvalue weighted by molar-refractivity contribution is 5.36. The van der Waals surface area contributed by atoms with E-state index in [4.69, 9.17) is 14.7 Å². The summed E-state index contributed by atoms with van der Waals surface area (Å²) >= 11 is 0. The third-order valence-electron chi connectivity index (χ3n) is 3.13. The summed E-state index contributed by atoms with van der Waals surface area (Å²) in [5, 5.41) is 8.83. The lowest BCUT2D eigenvalue weighted by atomic mass is 10.2. The summed E-state index contributed by atoms with van der Waals surface area (Å²) in [5.74, 6) is 0.761. The first-order valence-electron chi connectivity index (χ1n) is 7.03.